The molecule has 170 valence electrons. The van der Waals surface area contributed by atoms with Gasteiger partial charge in [0, 0.05) is 30.8 Å². The average Bonchev–Trinajstić information content (AvgIpc) is 2.75. The summed E-state index contributed by atoms with van der Waals surface area (Å²) in [5.74, 6) is -1.96. The van der Waals surface area contributed by atoms with Crippen molar-refractivity contribution >= 4 is 40.7 Å². The predicted molar refractivity (Wildman–Crippen MR) is 117 cm³/mol. The molecule has 4 rings (SSSR count). The maximum Gasteiger partial charge on any atom is 0.251 e. The molecule has 0 saturated carbocycles. The second kappa shape index (κ2) is 9.23. The first kappa shape index (κ1) is 22.2. The van der Waals surface area contributed by atoms with Gasteiger partial charge < -0.3 is 15.5 Å². The molecule has 2 fully saturated rings. The van der Waals surface area contributed by atoms with E-state index in [0.717, 1.165) is 0 Å². The third-order valence-corrected chi connectivity index (χ3v) is 5.94. The van der Waals surface area contributed by atoms with Gasteiger partial charge in [0.05, 0.1) is 0 Å². The quantitative estimate of drug-likeness (QED) is 0.707. The second-order valence-corrected chi connectivity index (χ2v) is 8.22. The number of rotatable bonds is 5. The molecule has 0 spiro atoms. The molecule has 2 aliphatic heterocycles. The number of amides is 2. The SMILES string of the molecule is CNc1ncnc(N2CCC[C@@H](N3CCCC(Nc4cc(F)cc(Cl)c4)C3=O)C2=O)c1F. The Hall–Kier alpha value is -3.01. The fourth-order valence-electron chi connectivity index (χ4n) is 4.26. The van der Waals surface area contributed by atoms with Crippen LogP contribution in [0.5, 0.6) is 0 Å². The minimum absolute atomic E-state index is 0.00279. The second-order valence-electron chi connectivity index (χ2n) is 7.79. The van der Waals surface area contributed by atoms with Crippen LogP contribution in [0.1, 0.15) is 25.7 Å². The van der Waals surface area contributed by atoms with E-state index >= 15 is 0 Å². The van der Waals surface area contributed by atoms with Crippen LogP contribution >= 0.6 is 11.6 Å². The average molecular weight is 465 g/mol. The summed E-state index contributed by atoms with van der Waals surface area (Å²) in [6, 6.07) is 2.66. The minimum Gasteiger partial charge on any atom is -0.374 e. The third kappa shape index (κ3) is 4.32. The minimum atomic E-state index is -0.718. The van der Waals surface area contributed by atoms with Gasteiger partial charge in [-0.3, -0.25) is 14.5 Å². The number of nitrogens with one attached hydrogen (secondary N) is 2. The van der Waals surface area contributed by atoms with Crippen LogP contribution in [0.2, 0.25) is 5.02 Å². The van der Waals surface area contributed by atoms with Crippen LogP contribution in [0, 0.1) is 11.6 Å². The summed E-state index contributed by atoms with van der Waals surface area (Å²) in [4.78, 5) is 37.1. The lowest BCUT2D eigenvalue weighted by Gasteiger charge is -2.41. The lowest BCUT2D eigenvalue weighted by Crippen LogP contribution is -2.59. The van der Waals surface area contributed by atoms with Crippen molar-refractivity contribution in [2.45, 2.75) is 37.8 Å². The van der Waals surface area contributed by atoms with Crippen molar-refractivity contribution in [2.24, 2.45) is 0 Å². The van der Waals surface area contributed by atoms with Crippen LogP contribution < -0.4 is 15.5 Å². The highest BCUT2D eigenvalue weighted by Gasteiger charge is 2.41. The smallest absolute Gasteiger partial charge is 0.251 e. The van der Waals surface area contributed by atoms with Crippen LogP contribution in [0.3, 0.4) is 0 Å². The summed E-state index contributed by atoms with van der Waals surface area (Å²) in [6.07, 6.45) is 3.47. The number of hydrogen-bond acceptors (Lipinski definition) is 6. The summed E-state index contributed by atoms with van der Waals surface area (Å²) in [5.41, 5.74) is 0.398. The van der Waals surface area contributed by atoms with Gasteiger partial charge in [0.15, 0.2) is 11.6 Å². The molecule has 1 unspecified atom stereocenters. The maximum absolute atomic E-state index is 14.7. The molecule has 2 N–H and O–H groups in total. The number of likely N-dealkylation sites (tertiary alicyclic amines) is 1. The highest BCUT2D eigenvalue weighted by molar-refractivity contribution is 6.30. The zero-order valence-corrected chi connectivity index (χ0v) is 18.2. The van der Waals surface area contributed by atoms with Gasteiger partial charge >= 0.3 is 0 Å². The molecule has 11 heteroatoms. The molecule has 0 aliphatic carbocycles. The molecule has 0 radical (unpaired) electrons. The Labute approximate surface area is 189 Å². The fourth-order valence-corrected chi connectivity index (χ4v) is 4.48. The topological polar surface area (TPSA) is 90.5 Å². The summed E-state index contributed by atoms with van der Waals surface area (Å²) in [7, 11) is 1.53. The predicted octanol–water partition coefficient (Wildman–Crippen LogP) is 3.05. The first-order chi connectivity index (χ1) is 15.4. The number of benzene rings is 1. The fraction of sp³-hybridized carbons (Fsp3) is 0.429. The van der Waals surface area contributed by atoms with E-state index in [4.69, 9.17) is 11.6 Å². The van der Waals surface area contributed by atoms with Crippen molar-refractivity contribution in [2.75, 3.05) is 35.7 Å². The Morgan fingerprint density at radius 2 is 1.84 bits per heavy atom. The molecule has 3 heterocycles. The van der Waals surface area contributed by atoms with Gasteiger partial charge in [-0.05, 0) is 43.9 Å². The standard InChI is InChI=1S/C21H23ClF2N6O2/c1-25-18-17(24)19(27-11-26-18)30-7-3-5-16(21(30)32)29-6-2-4-15(20(29)31)28-14-9-12(22)8-13(23)10-14/h8-11,15-16,28H,2-7H2,1H3,(H,25,26,27)/t15?,16-/m1/s1. The Kier molecular flexibility index (Phi) is 6.40. The van der Waals surface area contributed by atoms with Crippen molar-refractivity contribution in [1.29, 1.82) is 0 Å². The molecule has 8 nitrogen and oxygen atoms in total. The first-order valence-corrected chi connectivity index (χ1v) is 10.8. The highest BCUT2D eigenvalue weighted by atomic mass is 35.5. The maximum atomic E-state index is 14.7. The van der Waals surface area contributed by atoms with Crippen LogP contribution in [0.15, 0.2) is 24.5 Å². The number of halogens is 3. The third-order valence-electron chi connectivity index (χ3n) is 5.73. The van der Waals surface area contributed by atoms with E-state index in [0.29, 0.717) is 44.5 Å². The molecule has 2 amide bonds. The molecule has 2 atom stereocenters. The van der Waals surface area contributed by atoms with Gasteiger partial charge in [-0.15, -0.1) is 0 Å². The van der Waals surface area contributed by atoms with Crippen LogP contribution in [-0.4, -0.2) is 58.9 Å². The summed E-state index contributed by atoms with van der Waals surface area (Å²) < 4.78 is 28.4. The number of aromatic nitrogens is 2. The van der Waals surface area contributed by atoms with Gasteiger partial charge in [-0.1, -0.05) is 11.6 Å². The largest absolute Gasteiger partial charge is 0.374 e. The molecule has 0 bridgehead atoms. The van der Waals surface area contributed by atoms with Gasteiger partial charge in [0.1, 0.15) is 24.2 Å². The summed E-state index contributed by atoms with van der Waals surface area (Å²) >= 11 is 5.91. The van der Waals surface area contributed by atoms with E-state index in [1.807, 2.05) is 0 Å². The molecule has 2 saturated heterocycles. The van der Waals surface area contributed by atoms with Crippen molar-refractivity contribution in [3.8, 4) is 0 Å². The van der Waals surface area contributed by atoms with Crippen LogP contribution in [0.4, 0.5) is 26.1 Å². The Balaban J connectivity index is 1.53. The van der Waals surface area contributed by atoms with Crippen molar-refractivity contribution in [3.05, 3.63) is 41.2 Å². The van der Waals surface area contributed by atoms with Crippen LogP contribution in [-0.2, 0) is 9.59 Å². The van der Waals surface area contributed by atoms with Gasteiger partial charge in [-0.2, -0.15) is 4.39 Å². The van der Waals surface area contributed by atoms with E-state index in [1.54, 1.807) is 6.07 Å². The molecular formula is C21H23ClF2N6O2. The normalized spacial score (nSPS) is 21.6. The number of hydrogen-bond donors (Lipinski definition) is 2. The molecule has 32 heavy (non-hydrogen) atoms. The highest BCUT2D eigenvalue weighted by Crippen LogP contribution is 2.29. The zero-order valence-electron chi connectivity index (χ0n) is 17.4. The molecule has 1 aromatic carbocycles. The monoisotopic (exact) mass is 464 g/mol. The van der Waals surface area contributed by atoms with E-state index in [-0.39, 0.29) is 28.5 Å². The zero-order chi connectivity index (χ0) is 22.8. The van der Waals surface area contributed by atoms with Gasteiger partial charge in [0.25, 0.3) is 5.91 Å². The lowest BCUT2D eigenvalue weighted by molar-refractivity contribution is -0.143. The molecule has 2 aromatic rings. The van der Waals surface area contributed by atoms with Crippen molar-refractivity contribution in [1.82, 2.24) is 14.9 Å². The lowest BCUT2D eigenvalue weighted by atomic mass is 9.97. The van der Waals surface area contributed by atoms with E-state index < -0.39 is 23.7 Å². The van der Waals surface area contributed by atoms with Crippen molar-refractivity contribution in [3.63, 3.8) is 0 Å². The number of piperidine rings is 2. The number of carbonyl (C=O) groups excluding carboxylic acids is 2. The van der Waals surface area contributed by atoms with Crippen molar-refractivity contribution < 1.29 is 18.4 Å². The number of nitrogens with zero attached hydrogens (tertiary/aromatic N) is 4. The molecule has 2 aliphatic rings. The Morgan fingerprint density at radius 1 is 1.06 bits per heavy atom. The van der Waals surface area contributed by atoms with Gasteiger partial charge in [0.2, 0.25) is 11.7 Å². The molecule has 1 aromatic heterocycles. The number of carbonyl (C=O) groups is 2. The van der Waals surface area contributed by atoms with Gasteiger partial charge in [-0.25, -0.2) is 14.4 Å². The number of anilines is 3. The van der Waals surface area contributed by atoms with E-state index in [9.17, 15) is 18.4 Å². The molecular weight excluding hydrogens is 442 g/mol. The Morgan fingerprint density at radius 3 is 2.59 bits per heavy atom. The first-order valence-electron chi connectivity index (χ1n) is 10.4. The summed E-state index contributed by atoms with van der Waals surface area (Å²) in [5, 5.41) is 5.89. The summed E-state index contributed by atoms with van der Waals surface area (Å²) in [6.45, 7) is 0.719. The van der Waals surface area contributed by atoms with Crippen LogP contribution in [0.25, 0.3) is 0 Å². The van der Waals surface area contributed by atoms with E-state index in [2.05, 4.69) is 20.6 Å². The van der Waals surface area contributed by atoms with E-state index in [1.165, 1.54) is 35.3 Å². The Bertz CT molecular complexity index is 1020.